The Morgan fingerprint density at radius 2 is 1.87 bits per heavy atom. The standard InChI is InChI=1S/C11H16N2O2/c1-6-3-8(12)4-7(2)9(6)5-10(13)11(14)15/h3-4,10H,5,12-13H2,1-2H3,(H,14,15)/t10-/m0/s1. The van der Waals surface area contributed by atoms with Crippen molar-refractivity contribution in [2.24, 2.45) is 5.73 Å². The molecule has 0 saturated carbocycles. The number of hydrogen-bond donors (Lipinski definition) is 3. The Balaban J connectivity index is 3.00. The molecule has 0 aromatic heterocycles. The molecule has 4 nitrogen and oxygen atoms in total. The van der Waals surface area contributed by atoms with Gasteiger partial charge in [0, 0.05) is 5.69 Å². The smallest absolute Gasteiger partial charge is 0.320 e. The first-order chi connectivity index (χ1) is 6.91. The molecule has 0 aliphatic carbocycles. The van der Waals surface area contributed by atoms with E-state index < -0.39 is 12.0 Å². The van der Waals surface area contributed by atoms with Crippen LogP contribution in [0.15, 0.2) is 12.1 Å². The fraction of sp³-hybridized carbons (Fsp3) is 0.364. The van der Waals surface area contributed by atoms with E-state index >= 15 is 0 Å². The van der Waals surface area contributed by atoms with Crippen LogP contribution in [0.1, 0.15) is 16.7 Å². The van der Waals surface area contributed by atoms with Crippen molar-refractivity contribution in [2.75, 3.05) is 5.73 Å². The maximum Gasteiger partial charge on any atom is 0.320 e. The number of benzene rings is 1. The summed E-state index contributed by atoms with van der Waals surface area (Å²) in [5, 5.41) is 8.73. The average Bonchev–Trinajstić information content (AvgIpc) is 2.10. The second-order valence-corrected chi connectivity index (χ2v) is 3.78. The second kappa shape index (κ2) is 4.31. The van der Waals surface area contributed by atoms with Gasteiger partial charge in [-0.15, -0.1) is 0 Å². The summed E-state index contributed by atoms with van der Waals surface area (Å²) in [4.78, 5) is 10.6. The van der Waals surface area contributed by atoms with E-state index in [-0.39, 0.29) is 0 Å². The Bertz CT molecular complexity index is 365. The predicted octanol–water partition coefficient (Wildman–Crippen LogP) is 0.840. The average molecular weight is 208 g/mol. The van der Waals surface area contributed by atoms with E-state index in [1.165, 1.54) is 0 Å². The minimum absolute atomic E-state index is 0.341. The molecule has 0 aliphatic heterocycles. The Morgan fingerprint density at radius 1 is 1.40 bits per heavy atom. The highest BCUT2D eigenvalue weighted by molar-refractivity contribution is 5.73. The fourth-order valence-corrected chi connectivity index (χ4v) is 1.66. The summed E-state index contributed by atoms with van der Waals surface area (Å²) in [7, 11) is 0. The Labute approximate surface area is 88.9 Å². The highest BCUT2D eigenvalue weighted by Gasteiger charge is 2.15. The minimum atomic E-state index is -0.981. The number of nitrogen functional groups attached to an aromatic ring is 1. The number of carbonyl (C=O) groups is 1. The third kappa shape index (κ3) is 2.70. The van der Waals surface area contributed by atoms with Gasteiger partial charge in [-0.2, -0.15) is 0 Å². The van der Waals surface area contributed by atoms with E-state index in [1.54, 1.807) is 0 Å². The Morgan fingerprint density at radius 3 is 2.27 bits per heavy atom. The number of aryl methyl sites for hydroxylation is 2. The van der Waals surface area contributed by atoms with Crippen LogP contribution in [0.3, 0.4) is 0 Å². The third-order valence-corrected chi connectivity index (χ3v) is 2.46. The quantitative estimate of drug-likeness (QED) is 0.642. The van der Waals surface area contributed by atoms with E-state index in [9.17, 15) is 4.79 Å². The summed E-state index contributed by atoms with van der Waals surface area (Å²) in [6, 6.07) is 2.80. The number of anilines is 1. The van der Waals surface area contributed by atoms with Gasteiger partial charge in [0.25, 0.3) is 0 Å². The van der Waals surface area contributed by atoms with Crippen molar-refractivity contribution in [3.63, 3.8) is 0 Å². The van der Waals surface area contributed by atoms with Gasteiger partial charge < -0.3 is 16.6 Å². The predicted molar refractivity (Wildman–Crippen MR) is 59.6 cm³/mol. The molecule has 15 heavy (non-hydrogen) atoms. The van der Waals surface area contributed by atoms with Crippen molar-refractivity contribution in [1.29, 1.82) is 0 Å². The lowest BCUT2D eigenvalue weighted by molar-refractivity contribution is -0.138. The van der Waals surface area contributed by atoms with Crippen molar-refractivity contribution in [1.82, 2.24) is 0 Å². The molecule has 1 aromatic rings. The van der Waals surface area contributed by atoms with Gasteiger partial charge >= 0.3 is 5.97 Å². The highest BCUT2D eigenvalue weighted by Crippen LogP contribution is 2.19. The first-order valence-corrected chi connectivity index (χ1v) is 4.75. The molecule has 5 N–H and O–H groups in total. The molecule has 0 heterocycles. The SMILES string of the molecule is Cc1cc(N)cc(C)c1C[C@H](N)C(=O)O. The maximum absolute atomic E-state index is 10.6. The van der Waals surface area contributed by atoms with Crippen LogP contribution in [0.5, 0.6) is 0 Å². The van der Waals surface area contributed by atoms with Crippen LogP contribution in [-0.4, -0.2) is 17.1 Å². The Kier molecular flexibility index (Phi) is 3.31. The van der Waals surface area contributed by atoms with Crippen LogP contribution in [-0.2, 0) is 11.2 Å². The molecular weight excluding hydrogens is 192 g/mol. The molecule has 0 amide bonds. The molecule has 0 spiro atoms. The van der Waals surface area contributed by atoms with Gasteiger partial charge in [-0.1, -0.05) is 0 Å². The molecule has 1 atom stereocenters. The number of carboxylic acid groups (broad SMARTS) is 1. The molecule has 1 rings (SSSR count). The molecule has 0 fully saturated rings. The highest BCUT2D eigenvalue weighted by atomic mass is 16.4. The lowest BCUT2D eigenvalue weighted by Crippen LogP contribution is -2.32. The van der Waals surface area contributed by atoms with E-state index in [1.807, 2.05) is 26.0 Å². The Hall–Kier alpha value is -1.55. The second-order valence-electron chi connectivity index (χ2n) is 3.78. The molecule has 0 unspecified atom stereocenters. The lowest BCUT2D eigenvalue weighted by atomic mass is 9.96. The molecule has 0 bridgehead atoms. The van der Waals surface area contributed by atoms with Gasteiger partial charge in [-0.05, 0) is 49.1 Å². The third-order valence-electron chi connectivity index (χ3n) is 2.46. The zero-order chi connectivity index (χ0) is 11.6. The first kappa shape index (κ1) is 11.5. The van der Waals surface area contributed by atoms with E-state index in [2.05, 4.69) is 0 Å². The summed E-state index contributed by atoms with van der Waals surface area (Å²) >= 11 is 0. The van der Waals surface area contributed by atoms with Crippen molar-refractivity contribution in [2.45, 2.75) is 26.3 Å². The summed E-state index contributed by atoms with van der Waals surface area (Å²) in [6.07, 6.45) is 0.341. The molecule has 0 aliphatic rings. The van der Waals surface area contributed by atoms with Crippen LogP contribution in [0.4, 0.5) is 5.69 Å². The van der Waals surface area contributed by atoms with E-state index in [0.29, 0.717) is 12.1 Å². The number of rotatable bonds is 3. The maximum atomic E-state index is 10.6. The monoisotopic (exact) mass is 208 g/mol. The molecular formula is C11H16N2O2. The summed E-state index contributed by atoms with van der Waals surface area (Å²) in [6.45, 7) is 3.82. The number of hydrogen-bond acceptors (Lipinski definition) is 3. The van der Waals surface area contributed by atoms with Crippen LogP contribution < -0.4 is 11.5 Å². The summed E-state index contributed by atoms with van der Waals surface area (Å²) in [5.74, 6) is -0.981. The van der Waals surface area contributed by atoms with Crippen molar-refractivity contribution < 1.29 is 9.90 Å². The van der Waals surface area contributed by atoms with Gasteiger partial charge in [0.1, 0.15) is 6.04 Å². The lowest BCUT2D eigenvalue weighted by Gasteiger charge is -2.13. The zero-order valence-electron chi connectivity index (χ0n) is 8.95. The largest absolute Gasteiger partial charge is 0.480 e. The number of carboxylic acids is 1. The van der Waals surface area contributed by atoms with Crippen LogP contribution in [0.2, 0.25) is 0 Å². The van der Waals surface area contributed by atoms with Gasteiger partial charge in [0.05, 0.1) is 0 Å². The van der Waals surface area contributed by atoms with E-state index in [0.717, 1.165) is 16.7 Å². The normalized spacial score (nSPS) is 12.5. The summed E-state index contributed by atoms with van der Waals surface area (Å²) in [5.41, 5.74) is 14.8. The molecule has 0 radical (unpaired) electrons. The minimum Gasteiger partial charge on any atom is -0.480 e. The van der Waals surface area contributed by atoms with Crippen molar-refractivity contribution in [3.8, 4) is 0 Å². The van der Waals surface area contributed by atoms with Gasteiger partial charge in [-0.25, -0.2) is 0 Å². The van der Waals surface area contributed by atoms with Crippen molar-refractivity contribution in [3.05, 3.63) is 28.8 Å². The van der Waals surface area contributed by atoms with E-state index in [4.69, 9.17) is 16.6 Å². The first-order valence-electron chi connectivity index (χ1n) is 4.75. The molecule has 4 heteroatoms. The molecule has 0 saturated heterocycles. The molecule has 82 valence electrons. The number of aliphatic carboxylic acids is 1. The number of nitrogens with two attached hydrogens (primary N) is 2. The van der Waals surface area contributed by atoms with Crippen LogP contribution >= 0.6 is 0 Å². The van der Waals surface area contributed by atoms with Crippen LogP contribution in [0, 0.1) is 13.8 Å². The van der Waals surface area contributed by atoms with Gasteiger partial charge in [-0.3, -0.25) is 4.79 Å². The van der Waals surface area contributed by atoms with Crippen molar-refractivity contribution >= 4 is 11.7 Å². The fourth-order valence-electron chi connectivity index (χ4n) is 1.66. The van der Waals surface area contributed by atoms with Gasteiger partial charge in [0.2, 0.25) is 0 Å². The molecule has 1 aromatic carbocycles. The van der Waals surface area contributed by atoms with Gasteiger partial charge in [0.15, 0.2) is 0 Å². The zero-order valence-corrected chi connectivity index (χ0v) is 8.95. The topological polar surface area (TPSA) is 89.3 Å². The van der Waals surface area contributed by atoms with Crippen LogP contribution in [0.25, 0.3) is 0 Å². The summed E-state index contributed by atoms with van der Waals surface area (Å²) < 4.78 is 0.